The minimum atomic E-state index is -3.70. The van der Waals surface area contributed by atoms with Gasteiger partial charge < -0.3 is 0 Å². The number of halogens is 2. The van der Waals surface area contributed by atoms with Gasteiger partial charge in [0, 0.05) is 18.1 Å². The van der Waals surface area contributed by atoms with E-state index in [0.29, 0.717) is 17.3 Å². The first-order chi connectivity index (χ1) is 12.4. The van der Waals surface area contributed by atoms with Crippen LogP contribution in [0.1, 0.15) is 11.7 Å². The Balaban J connectivity index is 1.45. The lowest BCUT2D eigenvalue weighted by Crippen LogP contribution is -2.50. The predicted octanol–water partition coefficient (Wildman–Crippen LogP) is 1.47. The molecule has 1 aliphatic heterocycles. The molecule has 3 heterocycles. The number of hydrogen-bond donors (Lipinski definition) is 0. The molecule has 0 aliphatic carbocycles. The Morgan fingerprint density at radius 3 is 2.62 bits per heavy atom. The highest BCUT2D eigenvalue weighted by Gasteiger charge is 2.39. The number of rotatable bonds is 5. The van der Waals surface area contributed by atoms with Crippen molar-refractivity contribution in [3.63, 3.8) is 0 Å². The molecule has 0 saturated carbocycles. The number of aromatic nitrogens is 6. The zero-order valence-corrected chi connectivity index (χ0v) is 15.6. The van der Waals surface area contributed by atoms with Crippen molar-refractivity contribution in [1.29, 1.82) is 0 Å². The first kappa shape index (κ1) is 17.4. The Hall–Kier alpha value is -2.01. The van der Waals surface area contributed by atoms with Gasteiger partial charge in [-0.05, 0) is 18.2 Å². The summed E-state index contributed by atoms with van der Waals surface area (Å²) in [6.07, 6.45) is 4.93. The molecule has 2 aromatic heterocycles. The first-order valence-corrected chi connectivity index (χ1v) is 9.83. The lowest BCUT2D eigenvalue weighted by atomic mass is 10.2. The number of sulfonamides is 1. The molecule has 0 spiro atoms. The summed E-state index contributed by atoms with van der Waals surface area (Å²) < 4.78 is 28.4. The summed E-state index contributed by atoms with van der Waals surface area (Å²) in [4.78, 5) is 1.50. The monoisotopic (exact) mass is 413 g/mol. The van der Waals surface area contributed by atoms with E-state index < -0.39 is 10.0 Å². The molecule has 1 aromatic carbocycles. The van der Waals surface area contributed by atoms with Crippen molar-refractivity contribution >= 4 is 33.2 Å². The van der Waals surface area contributed by atoms with Crippen molar-refractivity contribution in [3.05, 3.63) is 52.5 Å². The SMILES string of the molecule is O=S(=O)(c1cc(Cl)ccc1Cl)N1CC(n2cc(Cn3nccn3)nn2)C1. The van der Waals surface area contributed by atoms with Gasteiger partial charge in [0.05, 0.1) is 29.7 Å². The summed E-state index contributed by atoms with van der Waals surface area (Å²) in [6.45, 7) is 0.974. The molecule has 0 amide bonds. The maximum Gasteiger partial charge on any atom is 0.244 e. The predicted molar refractivity (Wildman–Crippen MR) is 93.4 cm³/mol. The molecule has 0 unspecified atom stereocenters. The van der Waals surface area contributed by atoms with Gasteiger partial charge in [0.1, 0.15) is 17.1 Å². The smallest absolute Gasteiger partial charge is 0.244 e. The van der Waals surface area contributed by atoms with Crippen LogP contribution in [0.15, 0.2) is 41.7 Å². The number of benzene rings is 1. The van der Waals surface area contributed by atoms with Gasteiger partial charge in [-0.25, -0.2) is 13.1 Å². The van der Waals surface area contributed by atoms with Crippen LogP contribution in [-0.4, -0.2) is 55.8 Å². The molecule has 9 nitrogen and oxygen atoms in total. The van der Waals surface area contributed by atoms with E-state index in [1.165, 1.54) is 21.2 Å². The largest absolute Gasteiger partial charge is 0.246 e. The molecule has 1 saturated heterocycles. The molecular weight excluding hydrogens is 401 g/mol. The fourth-order valence-electron chi connectivity index (χ4n) is 2.63. The fourth-order valence-corrected chi connectivity index (χ4v) is 4.88. The summed E-state index contributed by atoms with van der Waals surface area (Å²) in [5.74, 6) is 0. The highest BCUT2D eigenvalue weighted by atomic mass is 35.5. The average Bonchev–Trinajstić information content (AvgIpc) is 3.21. The van der Waals surface area contributed by atoms with E-state index in [4.69, 9.17) is 23.2 Å². The van der Waals surface area contributed by atoms with Gasteiger partial charge in [-0.2, -0.15) is 19.3 Å². The molecule has 0 atom stereocenters. The number of nitrogens with zero attached hydrogens (tertiary/aromatic N) is 7. The molecule has 0 radical (unpaired) electrons. The summed E-state index contributed by atoms with van der Waals surface area (Å²) in [7, 11) is -3.70. The van der Waals surface area contributed by atoms with Crippen LogP contribution in [0.3, 0.4) is 0 Å². The molecule has 3 aromatic rings. The third kappa shape index (κ3) is 3.20. The Morgan fingerprint density at radius 2 is 1.88 bits per heavy atom. The molecule has 12 heteroatoms. The minimum Gasteiger partial charge on any atom is -0.246 e. The maximum atomic E-state index is 12.7. The Labute approximate surface area is 159 Å². The zero-order chi connectivity index (χ0) is 18.3. The van der Waals surface area contributed by atoms with E-state index >= 15 is 0 Å². The Morgan fingerprint density at radius 1 is 1.15 bits per heavy atom. The highest BCUT2D eigenvalue weighted by Crippen LogP contribution is 2.32. The van der Waals surface area contributed by atoms with Crippen LogP contribution in [0.5, 0.6) is 0 Å². The van der Waals surface area contributed by atoms with Gasteiger partial charge in [-0.15, -0.1) is 5.10 Å². The van der Waals surface area contributed by atoms with E-state index in [1.807, 2.05) is 0 Å². The molecule has 0 bridgehead atoms. The van der Waals surface area contributed by atoms with Gasteiger partial charge in [0.15, 0.2) is 0 Å². The lowest BCUT2D eigenvalue weighted by molar-refractivity contribution is 0.189. The van der Waals surface area contributed by atoms with Crippen LogP contribution in [0.4, 0.5) is 0 Å². The van der Waals surface area contributed by atoms with E-state index in [2.05, 4.69) is 20.5 Å². The molecule has 26 heavy (non-hydrogen) atoms. The fraction of sp³-hybridized carbons (Fsp3) is 0.286. The van der Waals surface area contributed by atoms with E-state index in [0.717, 1.165) is 0 Å². The zero-order valence-electron chi connectivity index (χ0n) is 13.3. The second-order valence-corrected chi connectivity index (χ2v) is 8.55. The van der Waals surface area contributed by atoms with E-state index in [1.54, 1.807) is 29.3 Å². The quantitative estimate of drug-likeness (QED) is 0.627. The molecule has 1 aliphatic rings. The normalized spacial score (nSPS) is 15.9. The summed E-state index contributed by atoms with van der Waals surface area (Å²) in [5.41, 5.74) is 0.695. The van der Waals surface area contributed by atoms with E-state index in [-0.39, 0.29) is 29.0 Å². The van der Waals surface area contributed by atoms with Crippen molar-refractivity contribution in [2.75, 3.05) is 13.1 Å². The van der Waals surface area contributed by atoms with Crippen LogP contribution in [0, 0.1) is 0 Å². The molecule has 136 valence electrons. The standard InChI is InChI=1S/C14H13Cl2N7O2S/c15-10-1-2-13(16)14(5-10)26(24,25)21-8-12(9-21)22-6-11(19-20-22)7-23-17-3-4-18-23/h1-6,12H,7-9H2. The maximum absolute atomic E-state index is 12.7. The highest BCUT2D eigenvalue weighted by molar-refractivity contribution is 7.89. The second kappa shape index (κ2) is 6.62. The molecular formula is C14H13Cl2N7O2S. The summed E-state index contributed by atoms with van der Waals surface area (Å²) in [5, 5.41) is 16.6. The van der Waals surface area contributed by atoms with Gasteiger partial charge in [-0.1, -0.05) is 28.4 Å². The minimum absolute atomic E-state index is 0.00847. The van der Waals surface area contributed by atoms with Crippen molar-refractivity contribution < 1.29 is 8.42 Å². The molecule has 0 N–H and O–H groups in total. The lowest BCUT2D eigenvalue weighted by Gasteiger charge is -2.37. The van der Waals surface area contributed by atoms with Crippen LogP contribution < -0.4 is 0 Å². The van der Waals surface area contributed by atoms with Crippen LogP contribution >= 0.6 is 23.2 Å². The Kier molecular flexibility index (Phi) is 4.43. The van der Waals surface area contributed by atoms with Crippen molar-refractivity contribution in [3.8, 4) is 0 Å². The topological polar surface area (TPSA) is 98.8 Å². The van der Waals surface area contributed by atoms with Crippen LogP contribution in [0.25, 0.3) is 0 Å². The average molecular weight is 414 g/mol. The van der Waals surface area contributed by atoms with E-state index in [9.17, 15) is 8.42 Å². The van der Waals surface area contributed by atoms with Crippen molar-refractivity contribution in [1.82, 2.24) is 34.3 Å². The van der Waals surface area contributed by atoms with Crippen molar-refractivity contribution in [2.24, 2.45) is 0 Å². The van der Waals surface area contributed by atoms with Crippen LogP contribution in [0.2, 0.25) is 10.0 Å². The first-order valence-electron chi connectivity index (χ1n) is 7.63. The van der Waals surface area contributed by atoms with Crippen LogP contribution in [-0.2, 0) is 16.6 Å². The third-order valence-electron chi connectivity index (χ3n) is 4.04. The van der Waals surface area contributed by atoms with Gasteiger partial charge in [0.2, 0.25) is 10.0 Å². The molecule has 4 rings (SSSR count). The third-order valence-corrected chi connectivity index (χ3v) is 6.59. The second-order valence-electron chi connectivity index (χ2n) is 5.80. The van der Waals surface area contributed by atoms with Crippen molar-refractivity contribution in [2.45, 2.75) is 17.5 Å². The summed E-state index contributed by atoms with van der Waals surface area (Å²) >= 11 is 11.9. The number of hydrogen-bond acceptors (Lipinski definition) is 6. The van der Waals surface area contributed by atoms with Gasteiger partial charge in [-0.3, -0.25) is 0 Å². The Bertz CT molecular complexity index is 1030. The van der Waals surface area contributed by atoms with Gasteiger partial charge >= 0.3 is 0 Å². The van der Waals surface area contributed by atoms with Gasteiger partial charge in [0.25, 0.3) is 0 Å². The molecule has 1 fully saturated rings. The summed E-state index contributed by atoms with van der Waals surface area (Å²) in [6, 6.07) is 4.29.